The van der Waals surface area contributed by atoms with Crippen LogP contribution in [0.5, 0.6) is 0 Å². The normalized spacial score (nSPS) is 25.0. The molecule has 2 amide bonds. The second kappa shape index (κ2) is 6.10. The minimum absolute atomic E-state index is 0.238. The average molecular weight is 287 g/mol. The Bertz CT molecular complexity index is 555. The molecule has 3 rings (SSSR count). The van der Waals surface area contributed by atoms with Crippen LogP contribution < -0.4 is 0 Å². The van der Waals surface area contributed by atoms with E-state index in [1.807, 2.05) is 42.5 Å². The van der Waals surface area contributed by atoms with Gasteiger partial charge in [-0.2, -0.15) is 0 Å². The van der Waals surface area contributed by atoms with Gasteiger partial charge in [-0.3, -0.25) is 4.79 Å². The molecule has 2 atom stereocenters. The highest BCUT2D eigenvalue weighted by atomic mass is 16.6. The highest BCUT2D eigenvalue weighted by molar-refractivity contribution is 5.96. The highest BCUT2D eigenvalue weighted by Crippen LogP contribution is 2.21. The molecule has 21 heavy (non-hydrogen) atoms. The van der Waals surface area contributed by atoms with Gasteiger partial charge in [0.1, 0.15) is 12.7 Å². The molecule has 5 nitrogen and oxygen atoms in total. The van der Waals surface area contributed by atoms with E-state index in [0.717, 1.165) is 5.56 Å². The van der Waals surface area contributed by atoms with Crippen molar-refractivity contribution in [2.75, 3.05) is 13.2 Å². The first kappa shape index (κ1) is 13.8. The summed E-state index contributed by atoms with van der Waals surface area (Å²) in [6.45, 7) is 0.644. The summed E-state index contributed by atoms with van der Waals surface area (Å²) in [5.74, 6) is -0.303. The zero-order valence-corrected chi connectivity index (χ0v) is 11.6. The molecule has 0 spiro atoms. The molecule has 1 saturated heterocycles. The van der Waals surface area contributed by atoms with E-state index in [1.165, 1.54) is 4.90 Å². The van der Waals surface area contributed by atoms with Crippen LogP contribution in [0.2, 0.25) is 0 Å². The molecule has 0 aromatic heterocycles. The van der Waals surface area contributed by atoms with Gasteiger partial charge in [-0.1, -0.05) is 42.5 Å². The molecular weight excluding hydrogens is 270 g/mol. The third-order valence-corrected chi connectivity index (χ3v) is 3.70. The molecule has 0 aliphatic carbocycles. The van der Waals surface area contributed by atoms with E-state index < -0.39 is 12.2 Å². The molecule has 0 unspecified atom stereocenters. The number of carbonyl (C=O) groups excluding carboxylic acids is 2. The van der Waals surface area contributed by atoms with Crippen LogP contribution in [0.15, 0.2) is 42.5 Å². The summed E-state index contributed by atoms with van der Waals surface area (Å²) >= 11 is 0. The summed E-state index contributed by atoms with van der Waals surface area (Å²) in [7, 11) is 0. The molecule has 0 N–H and O–H groups in total. The van der Waals surface area contributed by atoms with Gasteiger partial charge < -0.3 is 9.47 Å². The van der Waals surface area contributed by atoms with Gasteiger partial charge in [0.2, 0.25) is 0 Å². The van der Waals surface area contributed by atoms with E-state index >= 15 is 0 Å². The van der Waals surface area contributed by atoms with Crippen LogP contribution in [0.3, 0.4) is 0 Å². The van der Waals surface area contributed by atoms with Gasteiger partial charge in [-0.15, -0.1) is 0 Å². The predicted molar refractivity (Wildman–Crippen MR) is 75.6 cm³/mol. The maximum absolute atomic E-state index is 12.5. The van der Waals surface area contributed by atoms with Crippen molar-refractivity contribution < 1.29 is 19.1 Å². The van der Waals surface area contributed by atoms with E-state index in [-0.39, 0.29) is 18.6 Å². The minimum atomic E-state index is -0.584. The number of hydrogen-bond donors (Lipinski definition) is 0. The number of nitrogens with zero attached hydrogens (tertiary/aromatic N) is 1. The largest absolute Gasteiger partial charge is 0.447 e. The lowest BCUT2D eigenvalue weighted by Gasteiger charge is -2.25. The van der Waals surface area contributed by atoms with E-state index in [4.69, 9.17) is 9.47 Å². The third kappa shape index (κ3) is 2.97. The molecule has 110 valence electrons. The van der Waals surface area contributed by atoms with E-state index in [9.17, 15) is 9.59 Å². The average Bonchev–Trinajstić information content (AvgIpc) is 2.89. The lowest BCUT2D eigenvalue weighted by molar-refractivity contribution is -0.141. The second-order valence-electron chi connectivity index (χ2n) is 5.16. The summed E-state index contributed by atoms with van der Waals surface area (Å²) in [4.78, 5) is 25.6. The zero-order chi connectivity index (χ0) is 14.7. The van der Waals surface area contributed by atoms with Gasteiger partial charge in [0, 0.05) is 6.42 Å². The molecule has 1 fully saturated rings. The number of carbonyl (C=O) groups is 2. The van der Waals surface area contributed by atoms with Crippen molar-refractivity contribution in [2.24, 2.45) is 0 Å². The quantitative estimate of drug-likeness (QED) is 0.797. The lowest BCUT2D eigenvalue weighted by atomic mass is 10.0. The standard InChI is InChI=1S/C16H17NO4/c18-15(14-8-4-5-9-20-14)17-13(11-21-16(17)19)10-12-6-2-1-3-7-12/h1-7,13-14H,8-11H2/t13-,14+/m0/s1. The number of cyclic esters (lactones) is 1. The van der Waals surface area contributed by atoms with Crippen LogP contribution in [0.25, 0.3) is 0 Å². The fourth-order valence-corrected chi connectivity index (χ4v) is 2.62. The number of imide groups is 1. The molecule has 2 aliphatic rings. The molecule has 2 heterocycles. The van der Waals surface area contributed by atoms with Crippen LogP contribution in [0, 0.1) is 0 Å². The SMILES string of the molecule is O=C1OC[C@H](Cc2ccccc2)N1C(=O)[C@H]1CC=CCO1. The molecular formula is C16H17NO4. The van der Waals surface area contributed by atoms with Crippen molar-refractivity contribution >= 4 is 12.0 Å². The Kier molecular flexibility index (Phi) is 4.01. The molecule has 1 aromatic carbocycles. The Morgan fingerprint density at radius 3 is 2.76 bits per heavy atom. The topological polar surface area (TPSA) is 55.8 Å². The summed E-state index contributed by atoms with van der Waals surface area (Å²) < 4.78 is 10.5. The summed E-state index contributed by atoms with van der Waals surface area (Å²) in [6, 6.07) is 9.51. The molecule has 2 aliphatic heterocycles. The van der Waals surface area contributed by atoms with Crippen molar-refractivity contribution in [1.29, 1.82) is 0 Å². The van der Waals surface area contributed by atoms with Crippen LogP contribution in [0.4, 0.5) is 4.79 Å². The van der Waals surface area contributed by atoms with Gasteiger partial charge in [-0.25, -0.2) is 9.69 Å². The molecule has 0 radical (unpaired) electrons. The Balaban J connectivity index is 1.73. The summed E-state index contributed by atoms with van der Waals surface area (Å²) in [5.41, 5.74) is 1.07. The van der Waals surface area contributed by atoms with E-state index in [2.05, 4.69) is 0 Å². The van der Waals surface area contributed by atoms with E-state index in [0.29, 0.717) is 19.4 Å². The Hall–Kier alpha value is -2.14. The minimum Gasteiger partial charge on any atom is -0.447 e. The second-order valence-corrected chi connectivity index (χ2v) is 5.16. The predicted octanol–water partition coefficient (Wildman–Crippen LogP) is 1.92. The maximum atomic E-state index is 12.5. The monoisotopic (exact) mass is 287 g/mol. The first-order chi connectivity index (χ1) is 10.3. The smallest absolute Gasteiger partial charge is 0.417 e. The third-order valence-electron chi connectivity index (χ3n) is 3.70. The fourth-order valence-electron chi connectivity index (χ4n) is 2.62. The number of hydrogen-bond acceptors (Lipinski definition) is 4. The summed E-state index contributed by atoms with van der Waals surface area (Å²) in [5, 5.41) is 0. The highest BCUT2D eigenvalue weighted by Gasteiger charge is 2.41. The van der Waals surface area contributed by atoms with E-state index in [1.54, 1.807) is 0 Å². The number of ether oxygens (including phenoxy) is 2. The van der Waals surface area contributed by atoms with Crippen LogP contribution in [-0.2, 0) is 20.7 Å². The molecule has 0 saturated carbocycles. The van der Waals surface area contributed by atoms with Gasteiger partial charge in [0.25, 0.3) is 5.91 Å². The zero-order valence-electron chi connectivity index (χ0n) is 11.6. The first-order valence-electron chi connectivity index (χ1n) is 7.06. The van der Waals surface area contributed by atoms with Gasteiger partial charge >= 0.3 is 6.09 Å². The Morgan fingerprint density at radius 2 is 2.05 bits per heavy atom. The molecule has 0 bridgehead atoms. The van der Waals surface area contributed by atoms with Gasteiger partial charge in [0.05, 0.1) is 12.6 Å². The van der Waals surface area contributed by atoms with Crippen molar-refractivity contribution in [2.45, 2.75) is 25.0 Å². The maximum Gasteiger partial charge on any atom is 0.417 e. The molecule has 1 aromatic rings. The van der Waals surface area contributed by atoms with Crippen molar-refractivity contribution in [3.8, 4) is 0 Å². The van der Waals surface area contributed by atoms with Gasteiger partial charge in [-0.05, 0) is 12.0 Å². The van der Waals surface area contributed by atoms with Crippen molar-refractivity contribution in [3.63, 3.8) is 0 Å². The van der Waals surface area contributed by atoms with Crippen molar-refractivity contribution in [1.82, 2.24) is 4.90 Å². The van der Waals surface area contributed by atoms with Crippen LogP contribution >= 0.6 is 0 Å². The molecule has 5 heteroatoms. The number of benzene rings is 1. The Labute approximate surface area is 123 Å². The van der Waals surface area contributed by atoms with Crippen LogP contribution in [-0.4, -0.2) is 42.3 Å². The van der Waals surface area contributed by atoms with Crippen LogP contribution in [0.1, 0.15) is 12.0 Å². The lowest BCUT2D eigenvalue weighted by Crippen LogP contribution is -2.46. The van der Waals surface area contributed by atoms with Gasteiger partial charge in [0.15, 0.2) is 0 Å². The fraction of sp³-hybridized carbons (Fsp3) is 0.375. The Morgan fingerprint density at radius 1 is 1.24 bits per heavy atom. The summed E-state index contributed by atoms with van der Waals surface area (Å²) in [6.07, 6.45) is 3.72. The first-order valence-corrected chi connectivity index (χ1v) is 7.06. The number of rotatable bonds is 3. The number of amides is 2. The van der Waals surface area contributed by atoms with Crippen molar-refractivity contribution in [3.05, 3.63) is 48.0 Å².